The molecule has 0 fully saturated rings. The quantitative estimate of drug-likeness (QED) is 0.714. The summed E-state index contributed by atoms with van der Waals surface area (Å²) in [4.78, 5) is 15.4. The van der Waals surface area contributed by atoms with Crippen LogP contribution in [0.1, 0.15) is 42.7 Å². The van der Waals surface area contributed by atoms with Crippen molar-refractivity contribution in [3.63, 3.8) is 0 Å². The Morgan fingerprint density at radius 3 is 2.81 bits per heavy atom. The van der Waals surface area contributed by atoms with Crippen molar-refractivity contribution in [2.24, 2.45) is 0 Å². The molecule has 2 heteroatoms. The molecule has 1 aromatic carbocycles. The van der Waals surface area contributed by atoms with Crippen molar-refractivity contribution >= 4 is 16.7 Å². The van der Waals surface area contributed by atoms with Gasteiger partial charge >= 0.3 is 0 Å². The molecule has 82 valence electrons. The highest BCUT2D eigenvalue weighted by Crippen LogP contribution is 2.39. The number of benzene rings is 1. The number of rotatable bonds is 0. The zero-order valence-electron chi connectivity index (χ0n) is 9.63. The van der Waals surface area contributed by atoms with Crippen molar-refractivity contribution in [2.45, 2.75) is 32.1 Å². The molecule has 0 aliphatic heterocycles. The van der Waals surface area contributed by atoms with E-state index in [1.807, 2.05) is 24.3 Å². The van der Waals surface area contributed by atoms with Gasteiger partial charge in [0.15, 0.2) is 5.78 Å². The zero-order valence-corrected chi connectivity index (χ0v) is 9.63. The van der Waals surface area contributed by atoms with Gasteiger partial charge in [-0.2, -0.15) is 0 Å². The molecule has 1 aliphatic carbocycles. The Hall–Kier alpha value is -1.57. The summed E-state index contributed by atoms with van der Waals surface area (Å²) < 4.78 is 0. The van der Waals surface area contributed by atoms with Gasteiger partial charge in [0.05, 0.1) is 0 Å². The number of hydrogen-bond donors (Lipinski definition) is 1. The van der Waals surface area contributed by atoms with Crippen molar-refractivity contribution in [1.82, 2.24) is 4.98 Å². The van der Waals surface area contributed by atoms with Crippen LogP contribution in [0.15, 0.2) is 24.3 Å². The second kappa shape index (κ2) is 2.97. The van der Waals surface area contributed by atoms with Gasteiger partial charge in [-0.15, -0.1) is 0 Å². The Kier molecular flexibility index (Phi) is 1.79. The molecule has 0 saturated heterocycles. The summed E-state index contributed by atoms with van der Waals surface area (Å²) in [5.74, 6) is 0.284. The van der Waals surface area contributed by atoms with Gasteiger partial charge in [-0.05, 0) is 12.5 Å². The van der Waals surface area contributed by atoms with Crippen LogP contribution in [0.4, 0.5) is 0 Å². The van der Waals surface area contributed by atoms with Crippen molar-refractivity contribution in [3.8, 4) is 0 Å². The SMILES string of the molecule is CC1(C)CCC(=O)c2c1[nH]c1ccccc21. The van der Waals surface area contributed by atoms with Gasteiger partial charge in [-0.25, -0.2) is 0 Å². The van der Waals surface area contributed by atoms with E-state index in [1.165, 1.54) is 0 Å². The van der Waals surface area contributed by atoms with E-state index >= 15 is 0 Å². The molecule has 0 bridgehead atoms. The number of carbonyl (C=O) groups is 1. The molecule has 1 aliphatic rings. The van der Waals surface area contributed by atoms with Crippen LogP contribution in [0.2, 0.25) is 0 Å². The molecule has 1 aromatic heterocycles. The first kappa shape index (κ1) is 9.64. The smallest absolute Gasteiger partial charge is 0.165 e. The van der Waals surface area contributed by atoms with E-state index in [0.717, 1.165) is 28.6 Å². The Morgan fingerprint density at radius 1 is 1.25 bits per heavy atom. The normalized spacial score (nSPS) is 18.8. The van der Waals surface area contributed by atoms with Crippen LogP contribution in [0, 0.1) is 0 Å². The molecule has 0 amide bonds. The van der Waals surface area contributed by atoms with Crippen LogP contribution in [-0.2, 0) is 5.41 Å². The molecule has 3 rings (SSSR count). The first-order chi connectivity index (χ1) is 7.59. The molecule has 1 N–H and O–H groups in total. The number of para-hydroxylation sites is 1. The monoisotopic (exact) mass is 213 g/mol. The van der Waals surface area contributed by atoms with E-state index in [-0.39, 0.29) is 11.2 Å². The lowest BCUT2D eigenvalue weighted by molar-refractivity contribution is 0.0958. The molecule has 0 saturated carbocycles. The highest BCUT2D eigenvalue weighted by atomic mass is 16.1. The van der Waals surface area contributed by atoms with Crippen LogP contribution >= 0.6 is 0 Å². The molecular formula is C14H15NO. The number of carbonyl (C=O) groups excluding carboxylic acids is 1. The molecule has 0 atom stereocenters. The van der Waals surface area contributed by atoms with E-state index in [0.29, 0.717) is 6.42 Å². The highest BCUT2D eigenvalue weighted by Gasteiger charge is 2.34. The van der Waals surface area contributed by atoms with Crippen molar-refractivity contribution in [3.05, 3.63) is 35.5 Å². The third-order valence-corrected chi connectivity index (χ3v) is 3.64. The standard InChI is InChI=1S/C14H15NO/c1-14(2)8-7-11(16)12-9-5-3-4-6-10(9)15-13(12)14/h3-6,15H,7-8H2,1-2H3. The maximum absolute atomic E-state index is 12.0. The average Bonchev–Trinajstić information content (AvgIpc) is 2.65. The van der Waals surface area contributed by atoms with Crippen LogP contribution in [0.25, 0.3) is 10.9 Å². The second-order valence-corrected chi connectivity index (χ2v) is 5.23. The van der Waals surface area contributed by atoms with E-state index in [1.54, 1.807) is 0 Å². The van der Waals surface area contributed by atoms with Gasteiger partial charge in [0, 0.05) is 34.0 Å². The maximum atomic E-state index is 12.0. The number of ketones is 1. The molecular weight excluding hydrogens is 198 g/mol. The van der Waals surface area contributed by atoms with Gasteiger partial charge in [-0.1, -0.05) is 32.0 Å². The second-order valence-electron chi connectivity index (χ2n) is 5.23. The largest absolute Gasteiger partial charge is 0.357 e. The highest BCUT2D eigenvalue weighted by molar-refractivity contribution is 6.10. The summed E-state index contributed by atoms with van der Waals surface area (Å²) in [7, 11) is 0. The summed E-state index contributed by atoms with van der Waals surface area (Å²) in [6.07, 6.45) is 1.60. The average molecular weight is 213 g/mol. The van der Waals surface area contributed by atoms with Crippen LogP contribution in [-0.4, -0.2) is 10.8 Å². The minimum absolute atomic E-state index is 0.0856. The lowest BCUT2D eigenvalue weighted by Crippen LogP contribution is -2.26. The van der Waals surface area contributed by atoms with Gasteiger partial charge in [0.1, 0.15) is 0 Å². The number of Topliss-reactive ketones (excluding diaryl/α,β-unsaturated/α-hetero) is 1. The lowest BCUT2D eigenvalue weighted by Gasteiger charge is -2.28. The van der Waals surface area contributed by atoms with Crippen LogP contribution in [0.3, 0.4) is 0 Å². The molecule has 2 aromatic rings. The molecule has 0 radical (unpaired) electrons. The van der Waals surface area contributed by atoms with Crippen LogP contribution in [0.5, 0.6) is 0 Å². The molecule has 0 unspecified atom stereocenters. The van der Waals surface area contributed by atoms with Gasteiger partial charge in [-0.3, -0.25) is 4.79 Å². The molecule has 2 nitrogen and oxygen atoms in total. The zero-order chi connectivity index (χ0) is 11.3. The van der Waals surface area contributed by atoms with E-state index < -0.39 is 0 Å². The number of aromatic nitrogens is 1. The van der Waals surface area contributed by atoms with E-state index in [2.05, 4.69) is 18.8 Å². The fourth-order valence-corrected chi connectivity index (χ4v) is 2.62. The minimum Gasteiger partial charge on any atom is -0.357 e. The molecule has 1 heterocycles. The van der Waals surface area contributed by atoms with Crippen LogP contribution < -0.4 is 0 Å². The predicted molar refractivity (Wildman–Crippen MR) is 64.9 cm³/mol. The van der Waals surface area contributed by atoms with E-state index in [9.17, 15) is 4.79 Å². The number of nitrogens with one attached hydrogen (secondary N) is 1. The summed E-state index contributed by atoms with van der Waals surface area (Å²) in [5.41, 5.74) is 3.20. The molecule has 0 spiro atoms. The third-order valence-electron chi connectivity index (χ3n) is 3.64. The maximum Gasteiger partial charge on any atom is 0.165 e. The Labute approximate surface area is 94.7 Å². The van der Waals surface area contributed by atoms with Crippen molar-refractivity contribution in [2.75, 3.05) is 0 Å². The Balaban J connectivity index is 2.41. The Morgan fingerprint density at radius 2 is 2.00 bits per heavy atom. The first-order valence-electron chi connectivity index (χ1n) is 5.74. The number of fused-ring (bicyclic) bond motifs is 3. The molecule has 16 heavy (non-hydrogen) atoms. The summed E-state index contributed by atoms with van der Waals surface area (Å²) in [6, 6.07) is 8.06. The third kappa shape index (κ3) is 1.16. The fraction of sp³-hybridized carbons (Fsp3) is 0.357. The first-order valence-corrected chi connectivity index (χ1v) is 5.74. The van der Waals surface area contributed by atoms with Gasteiger partial charge in [0.2, 0.25) is 0 Å². The summed E-state index contributed by atoms with van der Waals surface area (Å²) >= 11 is 0. The van der Waals surface area contributed by atoms with E-state index in [4.69, 9.17) is 0 Å². The Bertz CT molecular complexity index is 577. The number of H-pyrrole nitrogens is 1. The number of aromatic amines is 1. The summed E-state index contributed by atoms with van der Waals surface area (Å²) in [6.45, 7) is 4.40. The predicted octanol–water partition coefficient (Wildman–Crippen LogP) is 3.42. The van der Waals surface area contributed by atoms with Crippen molar-refractivity contribution < 1.29 is 4.79 Å². The topological polar surface area (TPSA) is 32.9 Å². The number of hydrogen-bond acceptors (Lipinski definition) is 1. The van der Waals surface area contributed by atoms with Gasteiger partial charge in [0.25, 0.3) is 0 Å². The van der Waals surface area contributed by atoms with Gasteiger partial charge < -0.3 is 4.98 Å². The summed E-state index contributed by atoms with van der Waals surface area (Å²) in [5, 5.41) is 1.08. The lowest BCUT2D eigenvalue weighted by atomic mass is 9.76. The minimum atomic E-state index is 0.0856. The van der Waals surface area contributed by atoms with Crippen molar-refractivity contribution in [1.29, 1.82) is 0 Å². The fourth-order valence-electron chi connectivity index (χ4n) is 2.62.